The lowest BCUT2D eigenvalue weighted by Gasteiger charge is -2.11. The summed E-state index contributed by atoms with van der Waals surface area (Å²) in [6.45, 7) is 3.24. The summed E-state index contributed by atoms with van der Waals surface area (Å²) >= 11 is 0. The van der Waals surface area contributed by atoms with Gasteiger partial charge in [0.25, 0.3) is 0 Å². The normalized spacial score (nSPS) is 9.65. The lowest BCUT2D eigenvalue weighted by Crippen LogP contribution is -2.18. The zero-order valence-corrected chi connectivity index (χ0v) is 12.5. The van der Waals surface area contributed by atoms with Crippen molar-refractivity contribution >= 4 is 23.9 Å². The van der Waals surface area contributed by atoms with Crippen LogP contribution in [0.4, 0.5) is 0 Å². The molecule has 0 saturated heterocycles. The van der Waals surface area contributed by atoms with Crippen LogP contribution in [0.5, 0.6) is 0 Å². The van der Waals surface area contributed by atoms with Crippen LogP contribution in [-0.2, 0) is 14.2 Å². The molecule has 0 saturated carbocycles. The summed E-state index contributed by atoms with van der Waals surface area (Å²) in [4.78, 5) is 46.8. The van der Waals surface area contributed by atoms with Crippen LogP contribution < -0.4 is 0 Å². The van der Waals surface area contributed by atoms with Crippen molar-refractivity contribution in [1.29, 1.82) is 0 Å². The van der Waals surface area contributed by atoms with E-state index >= 15 is 0 Å². The highest BCUT2D eigenvalue weighted by molar-refractivity contribution is 6.10. The maximum atomic E-state index is 12.0. The predicted molar refractivity (Wildman–Crippen MR) is 76.6 cm³/mol. The standard InChI is InChI=1S/C15H14O8/c1-4-5-23-15(20)11-7-9(13(18)21-2)8(12(16)17)6-10(11)14(19)22-3/h4,6-7H,1,5H2,2-3H3,(H,16,17). The number of hydrogen-bond donors (Lipinski definition) is 1. The van der Waals surface area contributed by atoms with Crippen LogP contribution in [0.3, 0.4) is 0 Å². The van der Waals surface area contributed by atoms with Gasteiger partial charge in [-0.1, -0.05) is 12.7 Å². The first-order valence-corrected chi connectivity index (χ1v) is 6.23. The second-order valence-corrected chi connectivity index (χ2v) is 4.12. The molecule has 0 amide bonds. The molecule has 0 aliphatic rings. The van der Waals surface area contributed by atoms with E-state index in [2.05, 4.69) is 16.1 Å². The van der Waals surface area contributed by atoms with Gasteiger partial charge in [0.15, 0.2) is 0 Å². The SMILES string of the molecule is C=CCOC(=O)c1cc(C(=O)OC)c(C(=O)O)cc1C(=O)OC. The van der Waals surface area contributed by atoms with Crippen LogP contribution in [-0.4, -0.2) is 49.8 Å². The second kappa shape index (κ2) is 7.74. The number of methoxy groups -OCH3 is 2. The third-order valence-corrected chi connectivity index (χ3v) is 2.75. The molecule has 23 heavy (non-hydrogen) atoms. The first-order valence-electron chi connectivity index (χ1n) is 6.23. The average molecular weight is 322 g/mol. The predicted octanol–water partition coefficient (Wildman–Crippen LogP) is 1.30. The molecule has 8 heteroatoms. The quantitative estimate of drug-likeness (QED) is 0.473. The molecule has 0 unspecified atom stereocenters. The summed E-state index contributed by atoms with van der Waals surface area (Å²) in [5, 5.41) is 9.17. The van der Waals surface area contributed by atoms with Gasteiger partial charge in [-0.25, -0.2) is 19.2 Å². The Bertz CT molecular complexity index is 674. The van der Waals surface area contributed by atoms with Crippen LogP contribution >= 0.6 is 0 Å². The Morgan fingerprint density at radius 2 is 1.39 bits per heavy atom. The molecule has 1 rings (SSSR count). The van der Waals surface area contributed by atoms with Crippen molar-refractivity contribution in [3.05, 3.63) is 47.0 Å². The molecular formula is C15H14O8. The highest BCUT2D eigenvalue weighted by Gasteiger charge is 2.27. The summed E-state index contributed by atoms with van der Waals surface area (Å²) in [7, 11) is 2.12. The Hall–Kier alpha value is -3.16. The van der Waals surface area contributed by atoms with Crippen molar-refractivity contribution in [3.8, 4) is 0 Å². The third-order valence-electron chi connectivity index (χ3n) is 2.75. The number of esters is 3. The van der Waals surface area contributed by atoms with Gasteiger partial charge in [0.2, 0.25) is 0 Å². The maximum Gasteiger partial charge on any atom is 0.339 e. The Balaban J connectivity index is 3.60. The second-order valence-electron chi connectivity index (χ2n) is 4.12. The molecular weight excluding hydrogens is 308 g/mol. The summed E-state index contributed by atoms with van der Waals surface area (Å²) < 4.78 is 13.8. The number of rotatable bonds is 6. The number of ether oxygens (including phenoxy) is 3. The van der Waals surface area contributed by atoms with Crippen LogP contribution in [0, 0.1) is 0 Å². The maximum absolute atomic E-state index is 12.0. The van der Waals surface area contributed by atoms with E-state index < -0.39 is 35.0 Å². The smallest absolute Gasteiger partial charge is 0.339 e. The zero-order chi connectivity index (χ0) is 17.6. The molecule has 0 aromatic heterocycles. The van der Waals surface area contributed by atoms with Gasteiger partial charge < -0.3 is 19.3 Å². The van der Waals surface area contributed by atoms with Gasteiger partial charge in [-0.3, -0.25) is 0 Å². The van der Waals surface area contributed by atoms with Gasteiger partial charge in [0.1, 0.15) is 6.61 Å². The summed E-state index contributed by atoms with van der Waals surface area (Å²) in [6, 6.07) is 1.79. The minimum Gasteiger partial charge on any atom is -0.478 e. The van der Waals surface area contributed by atoms with Gasteiger partial charge in [-0.15, -0.1) is 0 Å². The van der Waals surface area contributed by atoms with Crippen molar-refractivity contribution in [3.63, 3.8) is 0 Å². The molecule has 122 valence electrons. The average Bonchev–Trinajstić information content (AvgIpc) is 2.56. The number of aromatic carboxylic acids is 1. The van der Waals surface area contributed by atoms with Crippen LogP contribution in [0.15, 0.2) is 24.8 Å². The number of carboxylic acids is 1. The first-order chi connectivity index (χ1) is 10.9. The lowest BCUT2D eigenvalue weighted by molar-refractivity contribution is 0.0519. The van der Waals surface area contributed by atoms with Gasteiger partial charge in [-0.2, -0.15) is 0 Å². The molecule has 0 heterocycles. The monoisotopic (exact) mass is 322 g/mol. The number of carboxylic acid groups (broad SMARTS) is 1. The number of carbonyl (C=O) groups is 4. The minimum atomic E-state index is -1.47. The van der Waals surface area contributed by atoms with Crippen molar-refractivity contribution in [2.24, 2.45) is 0 Å². The fraction of sp³-hybridized carbons (Fsp3) is 0.200. The topological polar surface area (TPSA) is 116 Å². The first kappa shape index (κ1) is 17.9. The summed E-state index contributed by atoms with van der Waals surface area (Å²) in [6.07, 6.45) is 1.31. The van der Waals surface area contributed by atoms with Gasteiger partial charge in [0.05, 0.1) is 36.5 Å². The van der Waals surface area contributed by atoms with Gasteiger partial charge >= 0.3 is 23.9 Å². The molecule has 0 spiro atoms. The molecule has 0 atom stereocenters. The molecule has 1 aromatic carbocycles. The van der Waals surface area contributed by atoms with Crippen LogP contribution in [0.2, 0.25) is 0 Å². The molecule has 1 N–H and O–H groups in total. The molecule has 0 radical (unpaired) electrons. The van der Waals surface area contributed by atoms with E-state index in [0.717, 1.165) is 26.4 Å². The highest BCUT2D eigenvalue weighted by atomic mass is 16.5. The Kier molecular flexibility index (Phi) is 6.02. The van der Waals surface area contributed by atoms with Crippen molar-refractivity contribution in [1.82, 2.24) is 0 Å². The summed E-state index contributed by atoms with van der Waals surface area (Å²) in [5.74, 6) is -4.33. The Morgan fingerprint density at radius 1 is 0.957 bits per heavy atom. The molecule has 0 fully saturated rings. The summed E-state index contributed by atoms with van der Waals surface area (Å²) in [5.41, 5.74) is -1.55. The fourth-order valence-corrected chi connectivity index (χ4v) is 1.72. The Morgan fingerprint density at radius 3 is 1.83 bits per heavy atom. The molecule has 0 aliphatic heterocycles. The number of carbonyl (C=O) groups excluding carboxylic acids is 3. The largest absolute Gasteiger partial charge is 0.478 e. The molecule has 1 aromatic rings. The van der Waals surface area contributed by atoms with E-state index in [-0.39, 0.29) is 17.7 Å². The van der Waals surface area contributed by atoms with Gasteiger partial charge in [0, 0.05) is 0 Å². The van der Waals surface area contributed by atoms with Crippen molar-refractivity contribution < 1.29 is 38.5 Å². The van der Waals surface area contributed by atoms with Crippen LogP contribution in [0.1, 0.15) is 41.4 Å². The van der Waals surface area contributed by atoms with E-state index in [1.165, 1.54) is 6.08 Å². The Labute approximate surface area is 131 Å². The van der Waals surface area contributed by atoms with E-state index in [9.17, 15) is 24.3 Å². The van der Waals surface area contributed by atoms with E-state index in [0.29, 0.717) is 0 Å². The van der Waals surface area contributed by atoms with E-state index in [4.69, 9.17) is 4.74 Å². The van der Waals surface area contributed by atoms with E-state index in [1.807, 2.05) is 0 Å². The highest BCUT2D eigenvalue weighted by Crippen LogP contribution is 2.20. The molecule has 8 nitrogen and oxygen atoms in total. The lowest BCUT2D eigenvalue weighted by atomic mass is 9.98. The number of hydrogen-bond acceptors (Lipinski definition) is 7. The van der Waals surface area contributed by atoms with E-state index in [1.54, 1.807) is 0 Å². The minimum absolute atomic E-state index is 0.131. The fourth-order valence-electron chi connectivity index (χ4n) is 1.72. The van der Waals surface area contributed by atoms with Gasteiger partial charge in [-0.05, 0) is 12.1 Å². The van der Waals surface area contributed by atoms with Crippen molar-refractivity contribution in [2.45, 2.75) is 0 Å². The van der Waals surface area contributed by atoms with Crippen LogP contribution in [0.25, 0.3) is 0 Å². The number of benzene rings is 1. The molecule has 0 bridgehead atoms. The zero-order valence-electron chi connectivity index (χ0n) is 12.5. The van der Waals surface area contributed by atoms with Crippen molar-refractivity contribution in [2.75, 3.05) is 20.8 Å². The third kappa shape index (κ3) is 3.94. The molecule has 0 aliphatic carbocycles.